The number of aryl methyl sites for hydroxylation is 1. The molecule has 2 aliphatic rings. The van der Waals surface area contributed by atoms with Crippen LogP contribution in [-0.2, 0) is 0 Å². The van der Waals surface area contributed by atoms with Crippen LogP contribution >= 0.6 is 11.6 Å². The zero-order valence-electron chi connectivity index (χ0n) is 18.6. The number of carbonyl (C=O) groups is 1. The number of nitrogens with zero attached hydrogens (tertiary/aromatic N) is 6. The van der Waals surface area contributed by atoms with Crippen molar-refractivity contribution < 1.29 is 9.21 Å². The number of hydrogen-bond acceptors (Lipinski definition) is 7. The molecule has 3 heterocycles. The molecule has 0 unspecified atom stereocenters. The SMILES string of the molecule is Cc1ccc(N2N=CCC=N2)c(C(=O)N2CCN(c3nc4cc(Cl)ccc4o3)CC[C@H]2C)c1. The first-order valence-electron chi connectivity index (χ1n) is 11.1. The van der Waals surface area contributed by atoms with Crippen molar-refractivity contribution in [1.29, 1.82) is 0 Å². The van der Waals surface area contributed by atoms with E-state index < -0.39 is 0 Å². The summed E-state index contributed by atoms with van der Waals surface area (Å²) in [5, 5.41) is 10.8. The Hall–Kier alpha value is -3.39. The number of aromatic nitrogens is 1. The van der Waals surface area contributed by atoms with Crippen molar-refractivity contribution in [3.63, 3.8) is 0 Å². The van der Waals surface area contributed by atoms with Gasteiger partial charge in [-0.2, -0.15) is 20.3 Å². The first kappa shape index (κ1) is 21.5. The molecule has 170 valence electrons. The van der Waals surface area contributed by atoms with Crippen molar-refractivity contribution in [2.45, 2.75) is 32.7 Å². The summed E-state index contributed by atoms with van der Waals surface area (Å²) in [6, 6.07) is 11.8. The number of hydrazone groups is 2. The molecule has 9 heteroatoms. The first-order chi connectivity index (χ1) is 16.0. The van der Waals surface area contributed by atoms with Gasteiger partial charge in [0.15, 0.2) is 5.58 Å². The summed E-state index contributed by atoms with van der Waals surface area (Å²) in [5.41, 5.74) is 3.73. The van der Waals surface area contributed by atoms with Crippen LogP contribution in [0.3, 0.4) is 0 Å². The maximum atomic E-state index is 13.7. The number of oxazole rings is 1. The number of hydrogen-bond donors (Lipinski definition) is 0. The van der Waals surface area contributed by atoms with Crippen LogP contribution in [0.5, 0.6) is 0 Å². The average molecular weight is 465 g/mol. The molecule has 1 saturated heterocycles. The highest BCUT2D eigenvalue weighted by molar-refractivity contribution is 6.31. The zero-order chi connectivity index (χ0) is 22.9. The molecule has 1 fully saturated rings. The summed E-state index contributed by atoms with van der Waals surface area (Å²) in [5.74, 6) is -0.0247. The highest BCUT2D eigenvalue weighted by atomic mass is 35.5. The van der Waals surface area contributed by atoms with Crippen molar-refractivity contribution >= 4 is 52.7 Å². The number of halogens is 1. The van der Waals surface area contributed by atoms with Crippen LogP contribution in [0, 0.1) is 6.92 Å². The highest BCUT2D eigenvalue weighted by Gasteiger charge is 2.30. The van der Waals surface area contributed by atoms with Gasteiger partial charge in [-0.1, -0.05) is 23.2 Å². The molecule has 2 aliphatic heterocycles. The molecule has 0 N–H and O–H groups in total. The molecule has 0 bridgehead atoms. The van der Waals surface area contributed by atoms with E-state index in [1.165, 1.54) is 5.12 Å². The van der Waals surface area contributed by atoms with E-state index in [2.05, 4.69) is 27.0 Å². The summed E-state index contributed by atoms with van der Waals surface area (Å²) in [4.78, 5) is 22.4. The van der Waals surface area contributed by atoms with Gasteiger partial charge in [0.05, 0.1) is 11.3 Å². The highest BCUT2D eigenvalue weighted by Crippen LogP contribution is 2.29. The average Bonchev–Trinajstić information content (AvgIpc) is 3.14. The Morgan fingerprint density at radius 1 is 1.09 bits per heavy atom. The van der Waals surface area contributed by atoms with E-state index in [1.807, 2.05) is 36.1 Å². The summed E-state index contributed by atoms with van der Waals surface area (Å²) in [6.07, 6.45) is 5.04. The Morgan fingerprint density at radius 2 is 1.91 bits per heavy atom. The van der Waals surface area contributed by atoms with Crippen LogP contribution in [0.2, 0.25) is 5.02 Å². The lowest BCUT2D eigenvalue weighted by Crippen LogP contribution is -2.40. The number of carbonyl (C=O) groups excluding carboxylic acids is 1. The van der Waals surface area contributed by atoms with E-state index in [4.69, 9.17) is 16.0 Å². The Morgan fingerprint density at radius 3 is 2.73 bits per heavy atom. The molecule has 1 amide bonds. The Balaban J connectivity index is 1.39. The van der Waals surface area contributed by atoms with Crippen LogP contribution in [0.25, 0.3) is 11.1 Å². The molecule has 1 atom stereocenters. The van der Waals surface area contributed by atoms with Gasteiger partial charge in [-0.05, 0) is 50.6 Å². The van der Waals surface area contributed by atoms with Crippen LogP contribution < -0.4 is 10.0 Å². The fourth-order valence-electron chi connectivity index (χ4n) is 4.18. The molecule has 0 radical (unpaired) electrons. The first-order valence-corrected chi connectivity index (χ1v) is 11.4. The molecule has 3 aromatic rings. The summed E-state index contributed by atoms with van der Waals surface area (Å²) in [7, 11) is 0. The standard InChI is InChI=1S/C24H25ClN6O2/c1-16-4-6-21(31-26-9-3-10-27-31)19(14-16)23(32)30-13-12-29(11-8-17(30)2)24-28-20-15-18(25)5-7-22(20)33-24/h4-7,9-10,14-15,17H,3,8,11-13H2,1-2H3/t17-/m1/s1. The lowest BCUT2D eigenvalue weighted by molar-refractivity contribution is 0.0705. The van der Waals surface area contributed by atoms with Crippen LogP contribution in [0.15, 0.2) is 51.0 Å². The fourth-order valence-corrected chi connectivity index (χ4v) is 4.34. The van der Waals surface area contributed by atoms with Gasteiger partial charge in [-0.15, -0.1) is 0 Å². The van der Waals surface area contributed by atoms with E-state index in [0.717, 1.165) is 24.0 Å². The Kier molecular flexibility index (Phi) is 5.76. The number of rotatable bonds is 3. The van der Waals surface area contributed by atoms with E-state index in [-0.39, 0.29) is 11.9 Å². The minimum atomic E-state index is -0.0247. The van der Waals surface area contributed by atoms with Gasteiger partial charge in [0.2, 0.25) is 0 Å². The number of anilines is 2. The third-order valence-electron chi connectivity index (χ3n) is 6.02. The number of fused-ring (bicyclic) bond motifs is 1. The van der Waals surface area contributed by atoms with Crippen LogP contribution in [0.1, 0.15) is 35.7 Å². The molecule has 33 heavy (non-hydrogen) atoms. The molecule has 2 aromatic carbocycles. The van der Waals surface area contributed by atoms with Crippen molar-refractivity contribution in [3.05, 3.63) is 52.5 Å². The molecule has 0 aliphatic carbocycles. The predicted molar refractivity (Wildman–Crippen MR) is 132 cm³/mol. The zero-order valence-corrected chi connectivity index (χ0v) is 19.4. The Labute approximate surface area is 197 Å². The van der Waals surface area contributed by atoms with Gasteiger partial charge in [-0.3, -0.25) is 4.79 Å². The van der Waals surface area contributed by atoms with Crippen molar-refractivity contribution in [2.75, 3.05) is 29.7 Å². The maximum absolute atomic E-state index is 13.7. The number of benzene rings is 2. The van der Waals surface area contributed by atoms with Gasteiger partial charge in [0, 0.05) is 49.5 Å². The predicted octanol–water partition coefficient (Wildman–Crippen LogP) is 4.71. The topological polar surface area (TPSA) is 77.5 Å². The second-order valence-corrected chi connectivity index (χ2v) is 8.81. The Bertz CT molecular complexity index is 1240. The van der Waals surface area contributed by atoms with Crippen LogP contribution in [-0.4, -0.2) is 53.9 Å². The van der Waals surface area contributed by atoms with Gasteiger partial charge in [0.1, 0.15) is 5.52 Å². The second kappa shape index (κ2) is 8.86. The van der Waals surface area contributed by atoms with Crippen LogP contribution in [0.4, 0.5) is 11.7 Å². The smallest absolute Gasteiger partial charge is 0.298 e. The van der Waals surface area contributed by atoms with E-state index in [0.29, 0.717) is 47.4 Å². The molecule has 0 saturated carbocycles. The lowest BCUT2D eigenvalue weighted by atomic mass is 10.1. The van der Waals surface area contributed by atoms with Gasteiger partial charge in [-0.25, -0.2) is 0 Å². The monoisotopic (exact) mass is 464 g/mol. The largest absolute Gasteiger partial charge is 0.423 e. The molecular weight excluding hydrogens is 440 g/mol. The quantitative estimate of drug-likeness (QED) is 0.560. The molecule has 5 rings (SSSR count). The molecule has 8 nitrogen and oxygen atoms in total. The summed E-state index contributed by atoms with van der Waals surface area (Å²) in [6.45, 7) is 5.99. The second-order valence-electron chi connectivity index (χ2n) is 8.37. The van der Waals surface area contributed by atoms with E-state index in [9.17, 15) is 4.79 Å². The third-order valence-corrected chi connectivity index (χ3v) is 6.26. The third kappa shape index (κ3) is 4.30. The van der Waals surface area contributed by atoms with E-state index in [1.54, 1.807) is 24.6 Å². The minimum absolute atomic E-state index is 0.0247. The minimum Gasteiger partial charge on any atom is -0.423 e. The summed E-state index contributed by atoms with van der Waals surface area (Å²) < 4.78 is 5.96. The van der Waals surface area contributed by atoms with Crippen molar-refractivity contribution in [2.24, 2.45) is 10.2 Å². The lowest BCUT2D eigenvalue weighted by Gasteiger charge is -2.28. The molecular formula is C24H25ClN6O2. The summed E-state index contributed by atoms with van der Waals surface area (Å²) >= 11 is 6.09. The molecule has 0 spiro atoms. The van der Waals surface area contributed by atoms with Crippen molar-refractivity contribution in [3.8, 4) is 0 Å². The number of amides is 1. The van der Waals surface area contributed by atoms with Gasteiger partial charge < -0.3 is 14.2 Å². The van der Waals surface area contributed by atoms with Gasteiger partial charge in [0.25, 0.3) is 11.9 Å². The fraction of sp³-hybridized carbons (Fsp3) is 0.333. The van der Waals surface area contributed by atoms with Gasteiger partial charge >= 0.3 is 0 Å². The maximum Gasteiger partial charge on any atom is 0.298 e. The van der Waals surface area contributed by atoms with E-state index >= 15 is 0 Å². The van der Waals surface area contributed by atoms with Crippen molar-refractivity contribution in [1.82, 2.24) is 9.88 Å². The molecule has 1 aromatic heterocycles. The normalized spacial score (nSPS) is 18.8.